The molecule has 0 aliphatic heterocycles. The topological polar surface area (TPSA) is 35.5 Å². The van der Waals surface area contributed by atoms with Crippen LogP contribution in [0.4, 0.5) is 0 Å². The predicted molar refractivity (Wildman–Crippen MR) is 169 cm³/mol. The lowest BCUT2D eigenvalue weighted by molar-refractivity contribution is 0.112. The highest BCUT2D eigenvalue weighted by Crippen LogP contribution is 2.28. The van der Waals surface area contributed by atoms with Crippen LogP contribution in [0.3, 0.4) is 0 Å². The molecule has 39 heavy (non-hydrogen) atoms. The number of unbranched alkanes of at least 4 members (excludes halogenated alkanes) is 8. The lowest BCUT2D eigenvalue weighted by atomic mass is 10.1. The van der Waals surface area contributed by atoms with Crippen molar-refractivity contribution in [3.63, 3.8) is 0 Å². The standard InChI is InChI=1S/C18H22O2.C17H21BrO/c1-2-3-4-5-6-12-20-17-11-10-15-8-7-9-16(14-19)18(15)13-17;1-2-3-4-5-6-12-19-15-11-10-14-8-7-9-17(18)16(14)13-15/h7-11,13-14H,2-6,12H2,1H3;7-11,13H,2-6,12H2,1H3. The highest BCUT2D eigenvalue weighted by molar-refractivity contribution is 9.10. The van der Waals surface area contributed by atoms with Crippen LogP contribution in [0.1, 0.15) is 88.4 Å². The highest BCUT2D eigenvalue weighted by atomic mass is 79.9. The van der Waals surface area contributed by atoms with Gasteiger partial charge in [-0.3, -0.25) is 4.79 Å². The van der Waals surface area contributed by atoms with Crippen molar-refractivity contribution in [1.29, 1.82) is 0 Å². The molecule has 0 fully saturated rings. The van der Waals surface area contributed by atoms with Gasteiger partial charge in [-0.1, -0.05) is 124 Å². The third-order valence-electron chi connectivity index (χ3n) is 6.85. The van der Waals surface area contributed by atoms with Crippen molar-refractivity contribution < 1.29 is 14.3 Å². The number of hydrogen-bond donors (Lipinski definition) is 0. The van der Waals surface area contributed by atoms with E-state index in [1.165, 1.54) is 62.1 Å². The van der Waals surface area contributed by atoms with E-state index in [-0.39, 0.29) is 0 Å². The largest absolute Gasteiger partial charge is 0.494 e. The van der Waals surface area contributed by atoms with Crippen LogP contribution in [0.15, 0.2) is 77.3 Å². The molecule has 0 aliphatic carbocycles. The Morgan fingerprint density at radius 3 is 1.69 bits per heavy atom. The van der Waals surface area contributed by atoms with E-state index in [9.17, 15) is 4.79 Å². The average molecular weight is 592 g/mol. The fraction of sp³-hybridized carbons (Fsp3) is 0.400. The maximum atomic E-state index is 11.1. The van der Waals surface area contributed by atoms with Crippen LogP contribution in [0, 0.1) is 0 Å². The smallest absolute Gasteiger partial charge is 0.150 e. The third kappa shape index (κ3) is 10.3. The lowest BCUT2D eigenvalue weighted by Crippen LogP contribution is -1.97. The summed E-state index contributed by atoms with van der Waals surface area (Å²) in [5, 5.41) is 4.49. The van der Waals surface area contributed by atoms with E-state index < -0.39 is 0 Å². The number of aldehydes is 1. The van der Waals surface area contributed by atoms with Gasteiger partial charge in [-0.05, 0) is 64.7 Å². The van der Waals surface area contributed by atoms with Crippen molar-refractivity contribution in [1.82, 2.24) is 0 Å². The average Bonchev–Trinajstić information content (AvgIpc) is 2.97. The molecule has 0 atom stereocenters. The Morgan fingerprint density at radius 1 is 0.615 bits per heavy atom. The number of benzene rings is 4. The van der Waals surface area contributed by atoms with E-state index in [4.69, 9.17) is 9.47 Å². The Labute approximate surface area is 243 Å². The molecule has 0 heterocycles. The summed E-state index contributed by atoms with van der Waals surface area (Å²) >= 11 is 3.59. The first-order chi connectivity index (χ1) is 19.2. The van der Waals surface area contributed by atoms with Crippen molar-refractivity contribution >= 4 is 43.8 Å². The molecule has 4 aromatic carbocycles. The zero-order chi connectivity index (χ0) is 27.7. The lowest BCUT2D eigenvalue weighted by Gasteiger charge is -2.08. The summed E-state index contributed by atoms with van der Waals surface area (Å²) in [6, 6.07) is 24.2. The van der Waals surface area contributed by atoms with Crippen molar-refractivity contribution in [2.24, 2.45) is 0 Å². The number of carbonyl (C=O) groups is 1. The van der Waals surface area contributed by atoms with Gasteiger partial charge in [-0.15, -0.1) is 0 Å². The zero-order valence-corrected chi connectivity index (χ0v) is 25.2. The molecule has 3 nitrogen and oxygen atoms in total. The summed E-state index contributed by atoms with van der Waals surface area (Å²) in [5.74, 6) is 1.82. The second-order valence-corrected chi connectivity index (χ2v) is 10.9. The van der Waals surface area contributed by atoms with E-state index >= 15 is 0 Å². The monoisotopic (exact) mass is 590 g/mol. The molecule has 4 aromatic rings. The Morgan fingerprint density at radius 2 is 1.13 bits per heavy atom. The molecule has 0 aliphatic rings. The quantitative estimate of drug-likeness (QED) is 0.102. The molecule has 0 N–H and O–H groups in total. The fourth-order valence-electron chi connectivity index (χ4n) is 4.56. The molecule has 4 rings (SSSR count). The van der Waals surface area contributed by atoms with E-state index in [1.807, 2.05) is 36.4 Å². The number of hydrogen-bond acceptors (Lipinski definition) is 3. The van der Waals surface area contributed by atoms with Gasteiger partial charge in [0.15, 0.2) is 6.29 Å². The van der Waals surface area contributed by atoms with Crippen LogP contribution in [-0.2, 0) is 0 Å². The number of ether oxygens (including phenoxy) is 2. The van der Waals surface area contributed by atoms with Gasteiger partial charge in [0.1, 0.15) is 11.5 Å². The van der Waals surface area contributed by atoms with Gasteiger partial charge in [0.2, 0.25) is 0 Å². The first-order valence-corrected chi connectivity index (χ1v) is 15.4. The summed E-state index contributed by atoms with van der Waals surface area (Å²) in [6.45, 7) is 6.03. The van der Waals surface area contributed by atoms with Crippen molar-refractivity contribution in [2.75, 3.05) is 13.2 Å². The van der Waals surface area contributed by atoms with Gasteiger partial charge in [-0.25, -0.2) is 0 Å². The molecule has 208 valence electrons. The van der Waals surface area contributed by atoms with Gasteiger partial charge < -0.3 is 9.47 Å². The van der Waals surface area contributed by atoms with Gasteiger partial charge in [0.05, 0.1) is 13.2 Å². The maximum absolute atomic E-state index is 11.1. The molecular formula is C35H43BrO3. The van der Waals surface area contributed by atoms with Crippen LogP contribution in [0.2, 0.25) is 0 Å². The second kappa shape index (κ2) is 17.7. The molecule has 0 radical (unpaired) electrons. The van der Waals surface area contributed by atoms with E-state index in [0.29, 0.717) is 0 Å². The van der Waals surface area contributed by atoms with Crippen molar-refractivity contribution in [2.45, 2.75) is 78.1 Å². The second-order valence-electron chi connectivity index (χ2n) is 10.00. The Balaban J connectivity index is 0.000000216. The normalized spacial score (nSPS) is 10.7. The van der Waals surface area contributed by atoms with Crippen LogP contribution in [-0.4, -0.2) is 19.5 Å². The van der Waals surface area contributed by atoms with Gasteiger partial charge in [-0.2, -0.15) is 0 Å². The van der Waals surface area contributed by atoms with E-state index in [1.54, 1.807) is 0 Å². The minimum atomic E-state index is 0.718. The summed E-state index contributed by atoms with van der Waals surface area (Å²) in [6.07, 6.45) is 13.4. The van der Waals surface area contributed by atoms with Crippen molar-refractivity contribution in [3.05, 3.63) is 82.8 Å². The number of halogens is 1. The minimum absolute atomic E-state index is 0.718. The Kier molecular flexibility index (Phi) is 13.9. The highest BCUT2D eigenvalue weighted by Gasteiger charge is 2.03. The molecule has 0 amide bonds. The Hall–Kier alpha value is -2.85. The SMILES string of the molecule is CCCCCCCOc1ccc2cccc(Br)c2c1.CCCCCCCOc1ccc2cccc(C=O)c2c1. The predicted octanol–water partition coefficient (Wildman–Crippen LogP) is 11.0. The molecule has 0 bridgehead atoms. The number of fused-ring (bicyclic) bond motifs is 2. The van der Waals surface area contributed by atoms with Crippen LogP contribution >= 0.6 is 15.9 Å². The molecular weight excluding hydrogens is 548 g/mol. The number of rotatable bonds is 15. The van der Waals surface area contributed by atoms with Crippen molar-refractivity contribution in [3.8, 4) is 11.5 Å². The number of carbonyl (C=O) groups excluding carboxylic acids is 1. The first-order valence-electron chi connectivity index (χ1n) is 14.6. The minimum Gasteiger partial charge on any atom is -0.494 e. The molecule has 4 heteroatoms. The molecule has 0 saturated carbocycles. The van der Waals surface area contributed by atoms with Gasteiger partial charge >= 0.3 is 0 Å². The summed E-state index contributed by atoms with van der Waals surface area (Å²) < 4.78 is 12.7. The van der Waals surface area contributed by atoms with Crippen LogP contribution in [0.5, 0.6) is 11.5 Å². The van der Waals surface area contributed by atoms with E-state index in [2.05, 4.69) is 66.2 Å². The summed E-state index contributed by atoms with van der Waals surface area (Å²) in [7, 11) is 0. The maximum Gasteiger partial charge on any atom is 0.150 e. The summed E-state index contributed by atoms with van der Waals surface area (Å²) in [4.78, 5) is 11.1. The van der Waals surface area contributed by atoms with Gasteiger partial charge in [0.25, 0.3) is 0 Å². The van der Waals surface area contributed by atoms with Crippen LogP contribution < -0.4 is 9.47 Å². The fourth-order valence-corrected chi connectivity index (χ4v) is 5.06. The van der Waals surface area contributed by atoms with Gasteiger partial charge in [0, 0.05) is 10.0 Å². The van der Waals surface area contributed by atoms with Crippen LogP contribution in [0.25, 0.3) is 21.5 Å². The first kappa shape index (κ1) is 30.7. The third-order valence-corrected chi connectivity index (χ3v) is 7.54. The zero-order valence-electron chi connectivity index (χ0n) is 23.6. The molecule has 0 spiro atoms. The molecule has 0 saturated heterocycles. The molecule has 0 unspecified atom stereocenters. The Bertz CT molecular complexity index is 1280. The summed E-state index contributed by atoms with van der Waals surface area (Å²) in [5.41, 5.74) is 0.718. The van der Waals surface area contributed by atoms with E-state index in [0.717, 1.165) is 64.6 Å². The molecule has 0 aromatic heterocycles.